The van der Waals surface area contributed by atoms with Crippen molar-refractivity contribution in [2.24, 2.45) is 7.05 Å². The van der Waals surface area contributed by atoms with Crippen LogP contribution in [0.3, 0.4) is 0 Å². The number of imidazole rings is 1. The van der Waals surface area contributed by atoms with Crippen LogP contribution in [0.1, 0.15) is 5.56 Å². The van der Waals surface area contributed by atoms with Crippen molar-refractivity contribution in [1.29, 1.82) is 0 Å². The van der Waals surface area contributed by atoms with Gasteiger partial charge >= 0.3 is 17.8 Å². The molecule has 3 rings (SSSR count). The quantitative estimate of drug-likeness (QED) is 0.787. The van der Waals surface area contributed by atoms with Crippen LogP contribution in [-0.2, 0) is 24.6 Å². The molecule has 3 aromatic rings. The number of carboxylic acids is 1. The Kier molecular flexibility index (Phi) is 3.86. The van der Waals surface area contributed by atoms with E-state index in [4.69, 9.17) is 5.11 Å². The van der Waals surface area contributed by atoms with E-state index in [1.54, 1.807) is 0 Å². The molecule has 0 aliphatic carbocycles. The summed E-state index contributed by atoms with van der Waals surface area (Å²) < 4.78 is 40.8. The first-order valence-corrected chi connectivity index (χ1v) is 7.13. The third kappa shape index (κ3) is 3.00. The zero-order valence-electron chi connectivity index (χ0n) is 12.9. The highest BCUT2D eigenvalue weighted by Crippen LogP contribution is 2.32. The number of aliphatic carboxylic acids is 1. The Bertz CT molecular complexity index is 1030. The summed E-state index contributed by atoms with van der Waals surface area (Å²) in [6, 6.07) is 6.16. The predicted molar refractivity (Wildman–Crippen MR) is 83.0 cm³/mol. The van der Waals surface area contributed by atoms with E-state index in [1.165, 1.54) is 36.0 Å². The number of hydrogen-bond donors (Lipinski definition) is 1. The number of pyridine rings is 1. The molecule has 25 heavy (non-hydrogen) atoms. The number of carbonyl (C=O) groups is 1. The van der Waals surface area contributed by atoms with Crippen LogP contribution in [-0.4, -0.2) is 25.2 Å². The normalized spacial score (nSPS) is 11.8. The molecule has 0 aliphatic rings. The molecule has 2 heterocycles. The number of hydrogen-bond acceptors (Lipinski definition) is 3. The maximum atomic E-state index is 12.9. The van der Waals surface area contributed by atoms with Crippen LogP contribution in [0.4, 0.5) is 13.2 Å². The standard InChI is InChI=1S/C16H12F3N3O3/c1-21-14-12(22(15(21)25)8-13(23)24)6-10(7-20-14)9-3-2-4-11(5-9)16(17,18)19/h2-7H,8H2,1H3,(H,23,24). The van der Waals surface area contributed by atoms with Gasteiger partial charge in [0.2, 0.25) is 0 Å². The van der Waals surface area contributed by atoms with Gasteiger partial charge in [0.05, 0.1) is 11.1 Å². The van der Waals surface area contributed by atoms with Crippen molar-refractivity contribution in [1.82, 2.24) is 14.1 Å². The number of halogens is 3. The van der Waals surface area contributed by atoms with E-state index in [-0.39, 0.29) is 16.7 Å². The van der Waals surface area contributed by atoms with Gasteiger partial charge in [0, 0.05) is 18.8 Å². The van der Waals surface area contributed by atoms with Gasteiger partial charge in [-0.15, -0.1) is 0 Å². The predicted octanol–water partition coefficient (Wildman–Crippen LogP) is 2.51. The Morgan fingerprint density at radius 1 is 1.24 bits per heavy atom. The fourth-order valence-corrected chi connectivity index (χ4v) is 2.60. The highest BCUT2D eigenvalue weighted by Gasteiger charge is 2.30. The number of aryl methyl sites for hydroxylation is 1. The fraction of sp³-hybridized carbons (Fsp3) is 0.188. The second kappa shape index (κ2) is 5.76. The first-order chi connectivity index (χ1) is 11.7. The summed E-state index contributed by atoms with van der Waals surface area (Å²) in [5, 5.41) is 8.96. The fourth-order valence-electron chi connectivity index (χ4n) is 2.60. The minimum absolute atomic E-state index is 0.241. The van der Waals surface area contributed by atoms with E-state index in [0.29, 0.717) is 5.56 Å². The van der Waals surface area contributed by atoms with E-state index in [2.05, 4.69) is 4.98 Å². The molecule has 1 N–H and O–H groups in total. The van der Waals surface area contributed by atoms with Crippen LogP contribution in [0.5, 0.6) is 0 Å². The van der Waals surface area contributed by atoms with Crippen molar-refractivity contribution in [2.75, 3.05) is 0 Å². The van der Waals surface area contributed by atoms with Gasteiger partial charge < -0.3 is 5.11 Å². The minimum Gasteiger partial charge on any atom is -0.480 e. The number of carboxylic acid groups (broad SMARTS) is 1. The third-order valence-corrected chi connectivity index (χ3v) is 3.79. The minimum atomic E-state index is -4.48. The van der Waals surface area contributed by atoms with Crippen LogP contribution in [0.2, 0.25) is 0 Å². The molecule has 2 aromatic heterocycles. The molecule has 0 bridgehead atoms. The lowest BCUT2D eigenvalue weighted by Gasteiger charge is -2.09. The van der Waals surface area contributed by atoms with E-state index in [9.17, 15) is 22.8 Å². The molecule has 0 amide bonds. The Balaban J connectivity index is 2.19. The monoisotopic (exact) mass is 351 g/mol. The average Bonchev–Trinajstić information content (AvgIpc) is 2.78. The molecule has 0 unspecified atom stereocenters. The molecule has 0 saturated carbocycles. The number of aromatic nitrogens is 3. The number of alkyl halides is 3. The molecule has 0 spiro atoms. The van der Waals surface area contributed by atoms with Crippen LogP contribution in [0.25, 0.3) is 22.3 Å². The number of nitrogens with zero attached hydrogens (tertiary/aromatic N) is 3. The number of benzene rings is 1. The molecule has 1 aromatic carbocycles. The van der Waals surface area contributed by atoms with Crippen LogP contribution >= 0.6 is 0 Å². The van der Waals surface area contributed by atoms with Crippen LogP contribution in [0, 0.1) is 0 Å². The summed E-state index contributed by atoms with van der Waals surface area (Å²) in [6.07, 6.45) is -3.13. The van der Waals surface area contributed by atoms with Crippen molar-refractivity contribution < 1.29 is 23.1 Å². The van der Waals surface area contributed by atoms with E-state index in [0.717, 1.165) is 16.7 Å². The van der Waals surface area contributed by atoms with Gasteiger partial charge in [0.1, 0.15) is 6.54 Å². The molecule has 130 valence electrons. The highest BCUT2D eigenvalue weighted by atomic mass is 19.4. The molecule has 0 atom stereocenters. The maximum absolute atomic E-state index is 12.9. The summed E-state index contributed by atoms with van der Waals surface area (Å²) in [5.41, 5.74) is -0.260. The Hall–Kier alpha value is -3.10. The third-order valence-electron chi connectivity index (χ3n) is 3.79. The van der Waals surface area contributed by atoms with Crippen LogP contribution in [0.15, 0.2) is 41.3 Å². The summed E-state index contributed by atoms with van der Waals surface area (Å²) in [5.74, 6) is -1.21. The molecular formula is C16H12F3N3O3. The Morgan fingerprint density at radius 2 is 1.96 bits per heavy atom. The van der Waals surface area contributed by atoms with Gasteiger partial charge in [-0.25, -0.2) is 9.78 Å². The number of fused-ring (bicyclic) bond motifs is 1. The van der Waals surface area contributed by atoms with Gasteiger partial charge in [-0.1, -0.05) is 12.1 Å². The highest BCUT2D eigenvalue weighted by molar-refractivity contribution is 5.80. The number of rotatable bonds is 3. The lowest BCUT2D eigenvalue weighted by atomic mass is 10.0. The van der Waals surface area contributed by atoms with Gasteiger partial charge in [-0.2, -0.15) is 13.2 Å². The van der Waals surface area contributed by atoms with E-state index in [1.807, 2.05) is 0 Å². The van der Waals surface area contributed by atoms with Crippen molar-refractivity contribution in [3.05, 3.63) is 52.6 Å². The zero-order chi connectivity index (χ0) is 18.4. The van der Waals surface area contributed by atoms with E-state index < -0.39 is 29.9 Å². The molecular weight excluding hydrogens is 339 g/mol. The second-order valence-corrected chi connectivity index (χ2v) is 5.47. The first kappa shape index (κ1) is 16.7. The Morgan fingerprint density at radius 3 is 2.60 bits per heavy atom. The molecule has 6 nitrogen and oxygen atoms in total. The lowest BCUT2D eigenvalue weighted by Crippen LogP contribution is -2.25. The average molecular weight is 351 g/mol. The summed E-state index contributed by atoms with van der Waals surface area (Å²) in [4.78, 5) is 27.2. The van der Waals surface area contributed by atoms with Crippen molar-refractivity contribution in [3.63, 3.8) is 0 Å². The summed E-state index contributed by atoms with van der Waals surface area (Å²) >= 11 is 0. The lowest BCUT2D eigenvalue weighted by molar-refractivity contribution is -0.138. The summed E-state index contributed by atoms with van der Waals surface area (Å²) in [7, 11) is 1.44. The molecule has 9 heteroatoms. The molecule has 0 aliphatic heterocycles. The Labute approximate surface area is 138 Å². The van der Waals surface area contributed by atoms with Crippen molar-refractivity contribution in [2.45, 2.75) is 12.7 Å². The van der Waals surface area contributed by atoms with Crippen molar-refractivity contribution >= 4 is 17.1 Å². The van der Waals surface area contributed by atoms with Gasteiger partial charge in [0.15, 0.2) is 5.65 Å². The topological polar surface area (TPSA) is 77.1 Å². The maximum Gasteiger partial charge on any atom is 0.416 e. The van der Waals surface area contributed by atoms with Gasteiger partial charge in [-0.3, -0.25) is 13.9 Å². The van der Waals surface area contributed by atoms with Crippen LogP contribution < -0.4 is 5.69 Å². The molecule has 0 fully saturated rings. The zero-order valence-corrected chi connectivity index (χ0v) is 12.9. The van der Waals surface area contributed by atoms with Crippen molar-refractivity contribution in [3.8, 4) is 11.1 Å². The largest absolute Gasteiger partial charge is 0.480 e. The second-order valence-electron chi connectivity index (χ2n) is 5.47. The van der Waals surface area contributed by atoms with E-state index >= 15 is 0 Å². The van der Waals surface area contributed by atoms with Gasteiger partial charge in [0.25, 0.3) is 0 Å². The summed E-state index contributed by atoms with van der Waals surface area (Å²) in [6.45, 7) is -0.566. The smallest absolute Gasteiger partial charge is 0.416 e. The molecule has 0 saturated heterocycles. The first-order valence-electron chi connectivity index (χ1n) is 7.13. The SMILES string of the molecule is Cn1c(=O)n(CC(=O)O)c2cc(-c3cccc(C(F)(F)F)c3)cnc21. The molecule has 0 radical (unpaired) electrons. The van der Waals surface area contributed by atoms with Gasteiger partial charge in [-0.05, 0) is 23.8 Å².